The standard InChI is InChI=1S/C13H23N3O2S/c1-5-13(6-2,7-3)16-19(17,18)11-9-8-10-15-12(11)14-4/h8-10,16H,5-7H2,1-4H3,(H,14,15). The number of pyridine rings is 1. The van der Waals surface area contributed by atoms with E-state index in [0.717, 1.165) is 19.3 Å². The Hall–Kier alpha value is -1.14. The summed E-state index contributed by atoms with van der Waals surface area (Å²) >= 11 is 0. The minimum absolute atomic E-state index is 0.192. The van der Waals surface area contributed by atoms with E-state index in [-0.39, 0.29) is 10.4 Å². The molecule has 0 aliphatic carbocycles. The fourth-order valence-corrected chi connectivity index (χ4v) is 3.88. The second-order valence-electron chi connectivity index (χ2n) is 4.55. The highest BCUT2D eigenvalue weighted by atomic mass is 32.2. The van der Waals surface area contributed by atoms with E-state index in [0.29, 0.717) is 5.82 Å². The maximum Gasteiger partial charge on any atom is 0.244 e. The van der Waals surface area contributed by atoms with Crippen molar-refractivity contribution in [1.29, 1.82) is 0 Å². The van der Waals surface area contributed by atoms with E-state index in [4.69, 9.17) is 0 Å². The van der Waals surface area contributed by atoms with Gasteiger partial charge < -0.3 is 5.32 Å². The fourth-order valence-electron chi connectivity index (χ4n) is 2.10. The van der Waals surface area contributed by atoms with Crippen LogP contribution in [0.15, 0.2) is 23.2 Å². The number of hydrogen-bond acceptors (Lipinski definition) is 4. The van der Waals surface area contributed by atoms with Crippen LogP contribution in [0.2, 0.25) is 0 Å². The first-order valence-electron chi connectivity index (χ1n) is 6.61. The first-order valence-corrected chi connectivity index (χ1v) is 8.09. The number of nitrogens with zero attached hydrogens (tertiary/aromatic N) is 1. The van der Waals surface area contributed by atoms with Crippen molar-refractivity contribution < 1.29 is 8.42 Å². The molecule has 0 saturated carbocycles. The van der Waals surface area contributed by atoms with E-state index in [1.54, 1.807) is 25.4 Å². The summed E-state index contributed by atoms with van der Waals surface area (Å²) in [5.74, 6) is 0.368. The molecule has 0 spiro atoms. The number of anilines is 1. The van der Waals surface area contributed by atoms with Gasteiger partial charge >= 0.3 is 0 Å². The number of aromatic nitrogens is 1. The number of nitrogens with one attached hydrogen (secondary N) is 2. The fraction of sp³-hybridized carbons (Fsp3) is 0.615. The maximum atomic E-state index is 12.5. The number of hydrogen-bond donors (Lipinski definition) is 2. The zero-order valence-corrected chi connectivity index (χ0v) is 12.8. The van der Waals surface area contributed by atoms with Crippen molar-refractivity contribution in [3.05, 3.63) is 18.3 Å². The Bertz CT molecular complexity index is 502. The van der Waals surface area contributed by atoms with Gasteiger partial charge in [0.2, 0.25) is 10.0 Å². The normalized spacial score (nSPS) is 12.4. The molecular weight excluding hydrogens is 262 g/mol. The summed E-state index contributed by atoms with van der Waals surface area (Å²) in [4.78, 5) is 4.23. The minimum atomic E-state index is -3.57. The third-order valence-corrected chi connectivity index (χ3v) is 5.29. The van der Waals surface area contributed by atoms with E-state index >= 15 is 0 Å². The van der Waals surface area contributed by atoms with Gasteiger partial charge in [0.05, 0.1) is 0 Å². The molecule has 0 atom stereocenters. The summed E-state index contributed by atoms with van der Waals surface area (Å²) in [6, 6.07) is 3.19. The zero-order valence-electron chi connectivity index (χ0n) is 12.0. The highest BCUT2D eigenvalue weighted by Crippen LogP contribution is 2.25. The molecule has 0 unspecified atom stereocenters. The molecule has 0 aliphatic heterocycles. The Morgan fingerprint density at radius 2 is 1.79 bits per heavy atom. The van der Waals surface area contributed by atoms with Crippen LogP contribution >= 0.6 is 0 Å². The van der Waals surface area contributed by atoms with E-state index in [1.807, 2.05) is 20.8 Å². The summed E-state index contributed by atoms with van der Waals surface area (Å²) < 4.78 is 27.9. The SMILES string of the molecule is CCC(CC)(CC)NS(=O)(=O)c1cccnc1NC. The van der Waals surface area contributed by atoms with Crippen LogP contribution < -0.4 is 10.0 Å². The van der Waals surface area contributed by atoms with Gasteiger partial charge in [0.15, 0.2) is 0 Å². The molecule has 1 aromatic heterocycles. The van der Waals surface area contributed by atoms with Crippen molar-refractivity contribution in [2.75, 3.05) is 12.4 Å². The molecule has 5 nitrogen and oxygen atoms in total. The molecule has 0 aromatic carbocycles. The van der Waals surface area contributed by atoms with Crippen LogP contribution in [0, 0.1) is 0 Å². The predicted molar refractivity (Wildman–Crippen MR) is 77.7 cm³/mol. The third-order valence-electron chi connectivity index (χ3n) is 3.68. The average molecular weight is 285 g/mol. The topological polar surface area (TPSA) is 71.1 Å². The lowest BCUT2D eigenvalue weighted by atomic mass is 9.91. The van der Waals surface area contributed by atoms with Crippen molar-refractivity contribution in [3.8, 4) is 0 Å². The van der Waals surface area contributed by atoms with Crippen LogP contribution in [0.1, 0.15) is 40.0 Å². The van der Waals surface area contributed by atoms with Gasteiger partial charge in [-0.1, -0.05) is 20.8 Å². The van der Waals surface area contributed by atoms with Crippen LogP contribution in [-0.2, 0) is 10.0 Å². The molecule has 1 rings (SSSR count). The van der Waals surface area contributed by atoms with Crippen LogP contribution in [0.4, 0.5) is 5.82 Å². The second kappa shape index (κ2) is 6.34. The first-order chi connectivity index (χ1) is 8.94. The molecule has 6 heteroatoms. The molecule has 0 amide bonds. The quantitative estimate of drug-likeness (QED) is 0.807. The third kappa shape index (κ3) is 3.45. The lowest BCUT2D eigenvalue weighted by Gasteiger charge is -2.31. The van der Waals surface area contributed by atoms with Crippen molar-refractivity contribution >= 4 is 15.8 Å². The summed E-state index contributed by atoms with van der Waals surface area (Å²) in [5, 5.41) is 2.81. The summed E-state index contributed by atoms with van der Waals surface area (Å²) in [7, 11) is -1.91. The molecule has 108 valence electrons. The van der Waals surface area contributed by atoms with Crippen LogP contribution in [0.5, 0.6) is 0 Å². The molecule has 0 radical (unpaired) electrons. The van der Waals surface area contributed by atoms with Gasteiger partial charge in [-0.15, -0.1) is 0 Å². The molecule has 0 aliphatic rings. The van der Waals surface area contributed by atoms with Crippen molar-refractivity contribution in [2.24, 2.45) is 0 Å². The Labute approximate surface area is 115 Å². The van der Waals surface area contributed by atoms with Crippen molar-refractivity contribution in [1.82, 2.24) is 9.71 Å². The zero-order chi connectivity index (χ0) is 14.5. The lowest BCUT2D eigenvalue weighted by Crippen LogP contribution is -2.47. The van der Waals surface area contributed by atoms with E-state index in [9.17, 15) is 8.42 Å². The van der Waals surface area contributed by atoms with E-state index < -0.39 is 10.0 Å². The Morgan fingerprint density at radius 3 is 2.26 bits per heavy atom. The van der Waals surface area contributed by atoms with Gasteiger partial charge in [-0.05, 0) is 31.4 Å². The molecule has 1 aromatic rings. The van der Waals surface area contributed by atoms with E-state index in [2.05, 4.69) is 15.0 Å². The van der Waals surface area contributed by atoms with Crippen molar-refractivity contribution in [2.45, 2.75) is 50.5 Å². The molecule has 0 fully saturated rings. The summed E-state index contributed by atoms with van der Waals surface area (Å²) in [5.41, 5.74) is -0.389. The number of sulfonamides is 1. The van der Waals surface area contributed by atoms with Gasteiger partial charge in [-0.2, -0.15) is 0 Å². The van der Waals surface area contributed by atoms with Crippen LogP contribution in [0.25, 0.3) is 0 Å². The smallest absolute Gasteiger partial charge is 0.244 e. The van der Waals surface area contributed by atoms with Crippen LogP contribution in [0.3, 0.4) is 0 Å². The van der Waals surface area contributed by atoms with Crippen LogP contribution in [-0.4, -0.2) is 26.0 Å². The lowest BCUT2D eigenvalue weighted by molar-refractivity contribution is 0.342. The molecule has 2 N–H and O–H groups in total. The summed E-state index contributed by atoms with van der Waals surface area (Å²) in [6.45, 7) is 5.99. The van der Waals surface area contributed by atoms with Gasteiger partial charge in [0, 0.05) is 18.8 Å². The van der Waals surface area contributed by atoms with E-state index in [1.165, 1.54) is 0 Å². The van der Waals surface area contributed by atoms with Crippen molar-refractivity contribution in [3.63, 3.8) is 0 Å². The Balaban J connectivity index is 3.18. The average Bonchev–Trinajstić information content (AvgIpc) is 2.45. The minimum Gasteiger partial charge on any atom is -0.372 e. The molecule has 0 bridgehead atoms. The molecular formula is C13H23N3O2S. The maximum absolute atomic E-state index is 12.5. The molecule has 19 heavy (non-hydrogen) atoms. The van der Waals surface area contributed by atoms with Gasteiger partial charge in [0.25, 0.3) is 0 Å². The predicted octanol–water partition coefficient (Wildman–Crippen LogP) is 2.37. The van der Waals surface area contributed by atoms with Gasteiger partial charge in [0.1, 0.15) is 10.7 Å². The Morgan fingerprint density at radius 1 is 1.21 bits per heavy atom. The highest BCUT2D eigenvalue weighted by molar-refractivity contribution is 7.89. The number of rotatable bonds is 7. The summed E-state index contributed by atoms with van der Waals surface area (Å²) in [6.07, 6.45) is 3.84. The largest absolute Gasteiger partial charge is 0.372 e. The second-order valence-corrected chi connectivity index (χ2v) is 6.20. The Kier molecular flexibility index (Phi) is 5.31. The monoisotopic (exact) mass is 285 g/mol. The first kappa shape index (κ1) is 15.9. The van der Waals surface area contributed by atoms with Gasteiger partial charge in [-0.25, -0.2) is 18.1 Å². The molecule has 0 saturated heterocycles. The molecule has 1 heterocycles. The highest BCUT2D eigenvalue weighted by Gasteiger charge is 2.31. The van der Waals surface area contributed by atoms with Gasteiger partial charge in [-0.3, -0.25) is 0 Å².